The van der Waals surface area contributed by atoms with E-state index in [9.17, 15) is 0 Å². The Morgan fingerprint density at radius 1 is 1.50 bits per heavy atom. The quantitative estimate of drug-likeness (QED) is 0.824. The molecule has 4 heteroatoms. The molecule has 1 heterocycles. The van der Waals surface area contributed by atoms with Crippen molar-refractivity contribution in [1.82, 2.24) is 0 Å². The molecule has 3 N–H and O–H groups in total. The zero-order valence-electron chi connectivity index (χ0n) is 11.0. The minimum Gasteiger partial charge on any atom is -0.389 e. The number of anilines is 1. The molecule has 2 rings (SSSR count). The molecule has 98 valence electrons. The Balaban J connectivity index is 2.26. The summed E-state index contributed by atoms with van der Waals surface area (Å²) in [6.45, 7) is 5.82. The molecule has 0 spiro atoms. The molecule has 1 aliphatic rings. The maximum Gasteiger partial charge on any atom is 0.106 e. The number of nitrogens with two attached hydrogens (primary N) is 1. The van der Waals surface area contributed by atoms with Gasteiger partial charge in [0.2, 0.25) is 0 Å². The smallest absolute Gasteiger partial charge is 0.106 e. The van der Waals surface area contributed by atoms with E-state index in [0.29, 0.717) is 4.99 Å². The van der Waals surface area contributed by atoms with Crippen molar-refractivity contribution in [3.8, 4) is 0 Å². The van der Waals surface area contributed by atoms with Gasteiger partial charge in [-0.1, -0.05) is 18.3 Å². The molecule has 3 nitrogen and oxygen atoms in total. The molecule has 18 heavy (non-hydrogen) atoms. The fraction of sp³-hybridized carbons (Fsp3) is 0.500. The molecular weight excluding hydrogens is 244 g/mol. The first-order chi connectivity index (χ1) is 8.50. The number of thiocarbonyl (C=S) groups is 1. The summed E-state index contributed by atoms with van der Waals surface area (Å²) in [7, 11) is 0. The van der Waals surface area contributed by atoms with Crippen LogP contribution in [0, 0.1) is 6.92 Å². The highest BCUT2D eigenvalue weighted by Gasteiger charge is 2.28. The first-order valence-electron chi connectivity index (χ1n) is 6.27. The van der Waals surface area contributed by atoms with E-state index < -0.39 is 0 Å². The minimum atomic E-state index is -0.0361. The van der Waals surface area contributed by atoms with Crippen molar-refractivity contribution in [1.29, 1.82) is 0 Å². The Labute approximate surface area is 114 Å². The number of benzene rings is 1. The lowest BCUT2D eigenvalue weighted by Gasteiger charge is -2.36. The van der Waals surface area contributed by atoms with E-state index in [0.717, 1.165) is 37.3 Å². The highest BCUT2D eigenvalue weighted by Crippen LogP contribution is 2.27. The van der Waals surface area contributed by atoms with Crippen molar-refractivity contribution >= 4 is 22.9 Å². The van der Waals surface area contributed by atoms with E-state index in [1.165, 1.54) is 5.56 Å². The van der Waals surface area contributed by atoms with Gasteiger partial charge in [0.15, 0.2) is 0 Å². The van der Waals surface area contributed by atoms with Gasteiger partial charge in [-0.05, 0) is 44.4 Å². The summed E-state index contributed by atoms with van der Waals surface area (Å²) in [5, 5.41) is 3.56. The molecule has 1 atom stereocenters. The van der Waals surface area contributed by atoms with E-state index in [4.69, 9.17) is 22.7 Å². The molecule has 0 amide bonds. The SMILES string of the molecule is Cc1ccc(C(N)=S)c(NC2(C)CCCOC2)c1. The van der Waals surface area contributed by atoms with E-state index in [1.54, 1.807) is 0 Å². The van der Waals surface area contributed by atoms with Crippen LogP contribution in [-0.4, -0.2) is 23.7 Å². The van der Waals surface area contributed by atoms with Crippen LogP contribution in [0.25, 0.3) is 0 Å². The molecule has 1 saturated heterocycles. The summed E-state index contributed by atoms with van der Waals surface area (Å²) < 4.78 is 5.56. The highest BCUT2D eigenvalue weighted by atomic mass is 32.1. The van der Waals surface area contributed by atoms with Gasteiger partial charge in [0.05, 0.1) is 12.1 Å². The van der Waals surface area contributed by atoms with Crippen molar-refractivity contribution < 1.29 is 4.74 Å². The molecule has 1 aliphatic heterocycles. The van der Waals surface area contributed by atoms with E-state index in [1.807, 2.05) is 12.1 Å². The van der Waals surface area contributed by atoms with Gasteiger partial charge < -0.3 is 15.8 Å². The van der Waals surface area contributed by atoms with Crippen LogP contribution in [0.3, 0.4) is 0 Å². The molecule has 1 aromatic rings. The standard InChI is InChI=1S/C14H20N2OS/c1-10-4-5-11(13(15)18)12(8-10)16-14(2)6-3-7-17-9-14/h4-5,8,16H,3,6-7,9H2,1-2H3,(H2,15,18). The number of nitrogens with one attached hydrogen (secondary N) is 1. The number of hydrogen-bond acceptors (Lipinski definition) is 3. The van der Waals surface area contributed by atoms with Crippen LogP contribution in [0.1, 0.15) is 30.9 Å². The predicted octanol–water partition coefficient (Wildman–Crippen LogP) is 2.61. The van der Waals surface area contributed by atoms with Gasteiger partial charge in [-0.3, -0.25) is 0 Å². The van der Waals surface area contributed by atoms with Gasteiger partial charge in [-0.25, -0.2) is 0 Å². The van der Waals surface area contributed by atoms with Crippen LogP contribution in [-0.2, 0) is 4.74 Å². The van der Waals surface area contributed by atoms with Crippen molar-refractivity contribution in [2.75, 3.05) is 18.5 Å². The fourth-order valence-electron chi connectivity index (χ4n) is 2.33. The Morgan fingerprint density at radius 2 is 2.28 bits per heavy atom. The van der Waals surface area contributed by atoms with Crippen LogP contribution in [0.15, 0.2) is 18.2 Å². The van der Waals surface area contributed by atoms with Gasteiger partial charge >= 0.3 is 0 Å². The lowest BCUT2D eigenvalue weighted by Crippen LogP contribution is -2.43. The number of rotatable bonds is 3. The molecule has 0 bridgehead atoms. The molecular formula is C14H20N2OS. The third-order valence-electron chi connectivity index (χ3n) is 3.31. The third kappa shape index (κ3) is 3.00. The molecule has 0 saturated carbocycles. The number of hydrogen-bond donors (Lipinski definition) is 2. The average molecular weight is 264 g/mol. The minimum absolute atomic E-state index is 0.0361. The summed E-state index contributed by atoms with van der Waals surface area (Å²) in [5.74, 6) is 0. The van der Waals surface area contributed by atoms with Gasteiger partial charge in [-0.2, -0.15) is 0 Å². The van der Waals surface area contributed by atoms with E-state index in [2.05, 4.69) is 25.2 Å². The molecule has 0 aliphatic carbocycles. The van der Waals surface area contributed by atoms with Gasteiger partial charge in [-0.15, -0.1) is 0 Å². The average Bonchev–Trinajstić information content (AvgIpc) is 2.28. The van der Waals surface area contributed by atoms with Crippen molar-refractivity contribution in [3.63, 3.8) is 0 Å². The van der Waals surface area contributed by atoms with Gasteiger partial charge in [0.1, 0.15) is 4.99 Å². The first kappa shape index (κ1) is 13.3. The van der Waals surface area contributed by atoms with E-state index >= 15 is 0 Å². The lowest BCUT2D eigenvalue weighted by atomic mass is 9.93. The van der Waals surface area contributed by atoms with Crippen LogP contribution < -0.4 is 11.1 Å². The summed E-state index contributed by atoms with van der Waals surface area (Å²) in [6.07, 6.45) is 2.18. The predicted molar refractivity (Wildman–Crippen MR) is 79.1 cm³/mol. The monoisotopic (exact) mass is 264 g/mol. The number of aryl methyl sites for hydroxylation is 1. The normalized spacial score (nSPS) is 23.7. The summed E-state index contributed by atoms with van der Waals surface area (Å²) in [6, 6.07) is 6.10. The Bertz CT molecular complexity index is 453. The first-order valence-corrected chi connectivity index (χ1v) is 6.67. The zero-order valence-corrected chi connectivity index (χ0v) is 11.8. The summed E-state index contributed by atoms with van der Waals surface area (Å²) in [5.41, 5.74) is 8.84. The van der Waals surface area contributed by atoms with E-state index in [-0.39, 0.29) is 5.54 Å². The summed E-state index contributed by atoms with van der Waals surface area (Å²) in [4.78, 5) is 0.429. The molecule has 1 unspecified atom stereocenters. The molecule has 1 fully saturated rings. The fourth-order valence-corrected chi connectivity index (χ4v) is 2.51. The van der Waals surface area contributed by atoms with Crippen molar-refractivity contribution in [2.45, 2.75) is 32.2 Å². The van der Waals surface area contributed by atoms with Crippen LogP contribution in [0.5, 0.6) is 0 Å². The Kier molecular flexibility index (Phi) is 3.88. The highest BCUT2D eigenvalue weighted by molar-refractivity contribution is 7.80. The zero-order chi connectivity index (χ0) is 13.2. The number of ether oxygens (including phenoxy) is 1. The second-order valence-electron chi connectivity index (χ2n) is 5.26. The Morgan fingerprint density at radius 3 is 2.89 bits per heavy atom. The third-order valence-corrected chi connectivity index (χ3v) is 3.53. The summed E-state index contributed by atoms with van der Waals surface area (Å²) >= 11 is 5.10. The van der Waals surface area contributed by atoms with Gasteiger partial charge in [0.25, 0.3) is 0 Å². The molecule has 0 aromatic heterocycles. The maximum absolute atomic E-state index is 5.77. The second kappa shape index (κ2) is 5.24. The maximum atomic E-state index is 5.77. The van der Waals surface area contributed by atoms with Crippen molar-refractivity contribution in [2.24, 2.45) is 5.73 Å². The second-order valence-corrected chi connectivity index (χ2v) is 5.69. The van der Waals surface area contributed by atoms with Crippen LogP contribution in [0.2, 0.25) is 0 Å². The molecule has 1 aromatic carbocycles. The topological polar surface area (TPSA) is 47.3 Å². The van der Waals surface area contributed by atoms with Crippen LogP contribution in [0.4, 0.5) is 5.69 Å². The van der Waals surface area contributed by atoms with Crippen molar-refractivity contribution in [3.05, 3.63) is 29.3 Å². The molecule has 0 radical (unpaired) electrons. The Hall–Kier alpha value is -1.13. The van der Waals surface area contributed by atoms with Crippen LogP contribution >= 0.6 is 12.2 Å². The van der Waals surface area contributed by atoms with Gasteiger partial charge in [0, 0.05) is 17.9 Å². The lowest BCUT2D eigenvalue weighted by molar-refractivity contribution is 0.0540. The largest absolute Gasteiger partial charge is 0.389 e.